The fraction of sp³-hybridized carbons (Fsp3) is 0.352. The molecule has 4 aliphatic rings. The van der Waals surface area contributed by atoms with Gasteiger partial charge in [-0.1, -0.05) is 197 Å². The fourth-order valence-corrected chi connectivity index (χ4v) is 25.0. The Bertz CT molecular complexity index is 5030. The van der Waals surface area contributed by atoms with E-state index in [0.29, 0.717) is 33.1 Å². The molecular weight excluding hydrogens is 1660 g/mol. The molecule has 0 atom stereocenters. The van der Waals surface area contributed by atoms with Crippen LogP contribution in [0.15, 0.2) is 321 Å². The Balaban J connectivity index is 0.000000210. The summed E-state index contributed by atoms with van der Waals surface area (Å²) in [5, 5.41) is 0. The van der Waals surface area contributed by atoms with Crippen LogP contribution in [-0.4, -0.2) is 87.0 Å². The second-order valence-electron chi connectivity index (χ2n) is 34.4. The SMILES string of the molecule is C.C.C.CC(=O)OCC(=O)Oc1c(C)cc([S+](c2ccccc2)c2ccccc2)cc1C.CC(C)(C)c1ccc([S+](c2ccc(C(C)(C)C)cc2)C(F)(F)F)cc1.Cc1cc([S+](c2ccccc2)c2ccccc2)cc(C)c1OCC(=O)OCC(=O)OC1(C)C2CC3CC(C2)CC1C3.Cc1cc([S+](c2ccccc2)c2ccccc2)cc(C)c1OCCCN(C)C. The maximum Gasteiger partial charge on any atom is 0.586 e. The predicted molar refractivity (Wildman–Crippen MR) is 512 cm³/mol. The number of aryl methyl sites for hydroxylation is 6. The minimum Gasteiger partial charge on any atom is -0.493 e. The van der Waals surface area contributed by atoms with Gasteiger partial charge in [-0.05, 0) is 277 Å². The Morgan fingerprint density at radius 2 is 0.683 bits per heavy atom. The van der Waals surface area contributed by atoms with E-state index in [1.54, 1.807) is 24.3 Å². The molecule has 0 unspecified atom stereocenters. The van der Waals surface area contributed by atoms with Crippen LogP contribution in [0.1, 0.15) is 161 Å². The van der Waals surface area contributed by atoms with Crippen LogP contribution in [0.25, 0.3) is 0 Å². The zero-order valence-electron chi connectivity index (χ0n) is 73.8. The first-order valence-corrected chi connectivity index (χ1v) is 47.0. The van der Waals surface area contributed by atoms with Crippen LogP contribution in [0.4, 0.5) is 13.2 Å². The molecule has 0 N–H and O–H groups in total. The average Bonchev–Trinajstić information content (AvgIpc) is 0.731. The second kappa shape index (κ2) is 46.2. The first kappa shape index (κ1) is 101. The van der Waals surface area contributed by atoms with E-state index in [0.717, 1.165) is 101 Å². The van der Waals surface area contributed by atoms with Gasteiger partial charge in [0.1, 0.15) is 22.8 Å². The highest BCUT2D eigenvalue weighted by molar-refractivity contribution is 7.98. The second-order valence-corrected chi connectivity index (χ2v) is 42.5. The number of hydrogen-bond donors (Lipinski definition) is 0. The van der Waals surface area contributed by atoms with Gasteiger partial charge in [0.15, 0.2) is 84.6 Å². The largest absolute Gasteiger partial charge is 0.586 e. The predicted octanol–water partition coefficient (Wildman–Crippen LogP) is 26.4. The van der Waals surface area contributed by atoms with Crippen LogP contribution in [0, 0.1) is 65.2 Å². The summed E-state index contributed by atoms with van der Waals surface area (Å²) < 4.78 is 74.9. The molecule has 15 rings (SSSR count). The van der Waals surface area contributed by atoms with Gasteiger partial charge in [-0.15, -0.1) is 13.2 Å². The minimum absolute atomic E-state index is 0. The number of hydrogen-bond acceptors (Lipinski definition) is 11. The van der Waals surface area contributed by atoms with Gasteiger partial charge >= 0.3 is 29.4 Å². The van der Waals surface area contributed by atoms with Gasteiger partial charge in [-0.3, -0.25) is 4.79 Å². The average molecular weight is 1790 g/mol. The summed E-state index contributed by atoms with van der Waals surface area (Å²) in [6, 6.07) is 90.0. The summed E-state index contributed by atoms with van der Waals surface area (Å²) in [5.74, 6) is 2.52. The molecule has 0 saturated heterocycles. The molecule has 11 aromatic carbocycles. The fourth-order valence-electron chi connectivity index (χ4n) is 16.6. The molecule has 668 valence electrons. The monoisotopic (exact) mass is 1790 g/mol. The van der Waals surface area contributed by atoms with Crippen molar-refractivity contribution in [3.8, 4) is 17.2 Å². The van der Waals surface area contributed by atoms with Gasteiger partial charge in [0.25, 0.3) is 0 Å². The summed E-state index contributed by atoms with van der Waals surface area (Å²) >= 11 is 0. The molecule has 4 fully saturated rings. The van der Waals surface area contributed by atoms with E-state index in [4.69, 9.17) is 28.4 Å². The summed E-state index contributed by atoms with van der Waals surface area (Å²) in [6.07, 6.45) is 6.99. The van der Waals surface area contributed by atoms with Gasteiger partial charge in [-0.2, -0.15) is 0 Å². The standard InChI is InChI=1S/C35H39O5S.C25H30NOS.C24H23O4S.C21H26F3S.3CH4/c1-23-14-31(41(29-10-6-4-7-11-29)30-12-8-5-9-13-30)15-24(2)34(23)39-21-32(36)38-22-33(37)40-35(3)27-17-25-16-26(19-27)20-28(35)18-25;1-20-18-24(19-21(2)25(20)27-17-11-16-26(3)4)28(22-12-7-5-8-13-22)23-14-9-6-10-15-23;1-17-14-22(15-18(2)24(17)28-23(26)16-27-19(3)25)29(20-10-6-4-7-11-20)21-12-8-5-9-13-21;1-19(2,3)15-7-11-17(12-8-15)25(21(22,23)24)18-13-9-16(10-14-18)20(4,5)6;;;/h4-15,25-28H,16-22H2,1-3H3;5-10,12-15,18-19H,11,16-17H2,1-4H3;4-15H,16H2,1-3H3;7-14H,1-6H3;3*1H4/q4*+1;;;. The molecule has 0 amide bonds. The molecule has 11 aromatic rings. The zero-order valence-corrected chi connectivity index (χ0v) is 77.1. The van der Waals surface area contributed by atoms with E-state index >= 15 is 0 Å². The van der Waals surface area contributed by atoms with Crippen LogP contribution >= 0.6 is 0 Å². The van der Waals surface area contributed by atoms with Crippen molar-refractivity contribution >= 4 is 67.5 Å². The summed E-state index contributed by atoms with van der Waals surface area (Å²) in [5.41, 5.74) is 3.23. The third-order valence-corrected chi connectivity index (χ3v) is 30.9. The molecule has 4 saturated carbocycles. The van der Waals surface area contributed by atoms with E-state index < -0.39 is 52.5 Å². The van der Waals surface area contributed by atoms with Crippen molar-refractivity contribution in [1.29, 1.82) is 0 Å². The third kappa shape index (κ3) is 27.3. The number of alkyl halides is 3. The van der Waals surface area contributed by atoms with Crippen LogP contribution in [-0.2, 0) is 87.8 Å². The number of ether oxygens (including phenoxy) is 6. The first-order chi connectivity index (χ1) is 58.6. The topological polar surface area (TPSA) is 127 Å². The molecule has 18 heteroatoms. The van der Waals surface area contributed by atoms with Crippen molar-refractivity contribution in [2.45, 2.75) is 234 Å². The zero-order chi connectivity index (χ0) is 88.3. The number of carbonyl (C=O) groups excluding carboxylic acids is 4. The molecule has 0 aliphatic heterocycles. The van der Waals surface area contributed by atoms with Crippen molar-refractivity contribution < 1.29 is 60.8 Å². The number of halogens is 3. The highest BCUT2D eigenvalue weighted by Gasteiger charge is 2.58. The normalized spacial score (nSPS) is 16.1. The molecule has 4 bridgehead atoms. The number of benzene rings is 11. The van der Waals surface area contributed by atoms with E-state index in [1.807, 2.05) is 100 Å². The number of rotatable bonds is 25. The highest BCUT2D eigenvalue weighted by Crippen LogP contribution is 2.59. The number of carbonyl (C=O) groups is 4. The summed E-state index contributed by atoms with van der Waals surface area (Å²) in [7, 11) is 1.59. The van der Waals surface area contributed by atoms with Gasteiger partial charge < -0.3 is 33.3 Å². The molecular formula is C108H130F3NO10S4+4. The van der Waals surface area contributed by atoms with E-state index in [1.165, 1.54) is 63.6 Å². The Hall–Kier alpha value is -9.95. The van der Waals surface area contributed by atoms with Crippen LogP contribution in [0.2, 0.25) is 0 Å². The van der Waals surface area contributed by atoms with Crippen molar-refractivity contribution in [3.05, 3.63) is 311 Å². The van der Waals surface area contributed by atoms with Gasteiger partial charge in [0.2, 0.25) is 0 Å². The third-order valence-electron chi connectivity index (χ3n) is 22.4. The molecule has 126 heavy (non-hydrogen) atoms. The lowest BCUT2D eigenvalue weighted by Crippen LogP contribution is -2.58. The molecule has 0 spiro atoms. The van der Waals surface area contributed by atoms with Crippen molar-refractivity contribution in [3.63, 3.8) is 0 Å². The molecule has 11 nitrogen and oxygen atoms in total. The quantitative estimate of drug-likeness (QED) is 0.0178. The van der Waals surface area contributed by atoms with E-state index in [9.17, 15) is 32.3 Å². The maximum absolute atomic E-state index is 13.8. The Labute approximate surface area is 760 Å². The first-order valence-electron chi connectivity index (χ1n) is 42.1. The van der Waals surface area contributed by atoms with Crippen LogP contribution < -0.4 is 14.2 Å². The lowest BCUT2D eigenvalue weighted by molar-refractivity contribution is -0.207. The van der Waals surface area contributed by atoms with Crippen molar-refractivity contribution in [1.82, 2.24) is 4.90 Å². The van der Waals surface area contributed by atoms with Gasteiger partial charge in [-0.25, -0.2) is 14.4 Å². The minimum atomic E-state index is -4.30. The van der Waals surface area contributed by atoms with Crippen molar-refractivity contribution in [2.24, 2.45) is 23.7 Å². The van der Waals surface area contributed by atoms with Crippen LogP contribution in [0.3, 0.4) is 0 Å². The summed E-state index contributed by atoms with van der Waals surface area (Å²) in [6.45, 7) is 28.6. The maximum atomic E-state index is 13.8. The lowest BCUT2D eigenvalue weighted by atomic mass is 9.50. The van der Waals surface area contributed by atoms with E-state index in [2.05, 4.69) is 251 Å². The molecule has 0 radical (unpaired) electrons. The van der Waals surface area contributed by atoms with Crippen LogP contribution in [0.5, 0.6) is 17.2 Å². The van der Waals surface area contributed by atoms with Crippen molar-refractivity contribution in [2.75, 3.05) is 47.1 Å². The summed E-state index contributed by atoms with van der Waals surface area (Å²) in [4.78, 5) is 62.2. The molecule has 0 aromatic heterocycles. The Kier molecular flexibility index (Phi) is 37.2. The van der Waals surface area contributed by atoms with Gasteiger partial charge in [0, 0.05) is 49.9 Å². The number of esters is 4. The molecule has 0 heterocycles. The molecule has 4 aliphatic carbocycles. The Morgan fingerprint density at radius 1 is 0.381 bits per heavy atom. The lowest BCUT2D eigenvalue weighted by Gasteiger charge is -2.59. The van der Waals surface area contributed by atoms with E-state index in [-0.39, 0.29) is 79.0 Å². The number of nitrogens with zero attached hydrogens (tertiary/aromatic N) is 1. The smallest absolute Gasteiger partial charge is 0.493 e. The highest BCUT2D eigenvalue weighted by atomic mass is 32.2. The Morgan fingerprint density at radius 3 is 0.976 bits per heavy atom. The van der Waals surface area contributed by atoms with Gasteiger partial charge in [0.05, 0.1) is 39.3 Å².